The van der Waals surface area contributed by atoms with E-state index in [0.29, 0.717) is 12.2 Å². The Kier molecular flexibility index (Phi) is 5.00. The van der Waals surface area contributed by atoms with E-state index in [9.17, 15) is 4.79 Å². The van der Waals surface area contributed by atoms with Crippen LogP contribution in [-0.4, -0.2) is 5.97 Å². The molecule has 0 bridgehead atoms. The summed E-state index contributed by atoms with van der Waals surface area (Å²) < 4.78 is 5.95. The van der Waals surface area contributed by atoms with Crippen molar-refractivity contribution >= 4 is 49.1 Å². The molecule has 0 saturated carbocycles. The molecule has 2 nitrogen and oxygen atoms in total. The van der Waals surface area contributed by atoms with Gasteiger partial charge in [-0.05, 0) is 44.8 Å². The monoisotopic (exact) mass is 394 g/mol. The van der Waals surface area contributed by atoms with Crippen LogP contribution in [0.3, 0.4) is 0 Å². The Morgan fingerprint density at radius 1 is 0.667 bits per heavy atom. The summed E-state index contributed by atoms with van der Waals surface area (Å²) in [5.74, 6) is 0.543. The van der Waals surface area contributed by atoms with Crippen molar-refractivity contribution in [1.29, 1.82) is 0 Å². The first kappa shape index (κ1) is 18.9. The van der Waals surface area contributed by atoms with Gasteiger partial charge in [0.15, 0.2) is 0 Å². The smallest absolute Gasteiger partial charge is 0.311 e. The second-order valence-electron chi connectivity index (χ2n) is 8.19. The first-order chi connectivity index (χ1) is 14.8. The highest BCUT2D eigenvalue weighted by atomic mass is 16.5. The van der Waals surface area contributed by atoms with Crippen LogP contribution in [0.5, 0.6) is 5.75 Å². The number of unbranched alkanes of at least 4 members (excludes halogenated alkanes) is 4. The lowest BCUT2D eigenvalue weighted by atomic mass is 9.89. The lowest BCUT2D eigenvalue weighted by Gasteiger charge is -2.17. The van der Waals surface area contributed by atoms with E-state index in [1.165, 1.54) is 51.6 Å². The molecule has 2 heteroatoms. The van der Waals surface area contributed by atoms with Crippen LogP contribution >= 0.6 is 0 Å². The van der Waals surface area contributed by atoms with Crippen molar-refractivity contribution in [2.24, 2.45) is 0 Å². The fraction of sp³-hybridized carbons (Fsp3) is 0.250. The number of ether oxygens (including phenoxy) is 1. The molecule has 0 N–H and O–H groups in total. The average Bonchev–Trinajstić information content (AvgIpc) is 2.77. The van der Waals surface area contributed by atoms with Gasteiger partial charge in [-0.1, -0.05) is 93.3 Å². The van der Waals surface area contributed by atoms with Gasteiger partial charge in [0.25, 0.3) is 0 Å². The Balaban J connectivity index is 1.63. The van der Waals surface area contributed by atoms with E-state index >= 15 is 0 Å². The number of fused-ring (bicyclic) bond motifs is 2. The Labute approximate surface area is 176 Å². The summed E-state index contributed by atoms with van der Waals surface area (Å²) in [7, 11) is 0. The topological polar surface area (TPSA) is 26.3 Å². The molecule has 0 aromatic heterocycles. The summed E-state index contributed by atoms with van der Waals surface area (Å²) in [6, 6.07) is 23.3. The molecule has 0 saturated heterocycles. The predicted molar refractivity (Wildman–Crippen MR) is 127 cm³/mol. The molecule has 0 aliphatic rings. The van der Waals surface area contributed by atoms with Crippen LogP contribution < -0.4 is 4.74 Å². The first-order valence-corrected chi connectivity index (χ1v) is 11.1. The van der Waals surface area contributed by atoms with E-state index in [0.717, 1.165) is 23.6 Å². The number of hydrogen-bond acceptors (Lipinski definition) is 2. The number of carbonyl (C=O) groups excluding carboxylic acids is 1. The number of carbonyl (C=O) groups is 1. The standard InChI is InChI=1S/C28H26O2/c1-2-3-4-5-6-16-25(29)30-24-18-17-20-12-8-14-22-21-13-7-10-19-11-9-15-23(26(19)21)28(24)27(20)22/h7-15,17-18H,2-6,16H2,1H3. The lowest BCUT2D eigenvalue weighted by Crippen LogP contribution is -2.08. The van der Waals surface area contributed by atoms with Crippen LogP contribution in [-0.2, 0) is 4.79 Å². The van der Waals surface area contributed by atoms with E-state index in [2.05, 4.69) is 67.6 Å². The van der Waals surface area contributed by atoms with E-state index in [1.807, 2.05) is 6.07 Å². The van der Waals surface area contributed by atoms with Crippen molar-refractivity contribution < 1.29 is 9.53 Å². The molecule has 0 fully saturated rings. The summed E-state index contributed by atoms with van der Waals surface area (Å²) in [6.45, 7) is 2.20. The molecule has 0 heterocycles. The Morgan fingerprint density at radius 3 is 2.03 bits per heavy atom. The van der Waals surface area contributed by atoms with Gasteiger partial charge < -0.3 is 4.74 Å². The van der Waals surface area contributed by atoms with Crippen LogP contribution in [0.25, 0.3) is 43.1 Å². The minimum Gasteiger partial charge on any atom is -0.426 e. The molecule has 150 valence electrons. The molecule has 0 atom stereocenters. The Bertz CT molecular complexity index is 1340. The number of benzene rings is 5. The second-order valence-corrected chi connectivity index (χ2v) is 8.19. The third kappa shape index (κ3) is 3.17. The molecule has 0 spiro atoms. The summed E-state index contributed by atoms with van der Waals surface area (Å²) >= 11 is 0. The van der Waals surface area contributed by atoms with Gasteiger partial charge in [0.2, 0.25) is 0 Å². The summed E-state index contributed by atoms with van der Waals surface area (Å²) in [5.41, 5.74) is 0. The highest BCUT2D eigenvalue weighted by molar-refractivity contribution is 6.34. The van der Waals surface area contributed by atoms with Gasteiger partial charge in [-0.25, -0.2) is 0 Å². The van der Waals surface area contributed by atoms with Crippen LogP contribution in [0.15, 0.2) is 66.7 Å². The second kappa shape index (κ2) is 7.95. The fourth-order valence-electron chi connectivity index (χ4n) is 4.76. The van der Waals surface area contributed by atoms with Crippen molar-refractivity contribution in [1.82, 2.24) is 0 Å². The van der Waals surface area contributed by atoms with E-state index < -0.39 is 0 Å². The van der Waals surface area contributed by atoms with E-state index in [4.69, 9.17) is 4.74 Å². The molecule has 0 radical (unpaired) electrons. The van der Waals surface area contributed by atoms with Crippen molar-refractivity contribution in [2.45, 2.75) is 45.4 Å². The summed E-state index contributed by atoms with van der Waals surface area (Å²) in [6.07, 6.45) is 6.09. The van der Waals surface area contributed by atoms with Crippen LogP contribution in [0.2, 0.25) is 0 Å². The van der Waals surface area contributed by atoms with Crippen molar-refractivity contribution in [3.05, 3.63) is 66.7 Å². The van der Waals surface area contributed by atoms with Gasteiger partial charge in [0.05, 0.1) is 0 Å². The predicted octanol–water partition coefficient (Wildman–Crippen LogP) is 8.00. The number of rotatable bonds is 7. The molecule has 0 aliphatic carbocycles. The highest BCUT2D eigenvalue weighted by Gasteiger charge is 2.17. The summed E-state index contributed by atoms with van der Waals surface area (Å²) in [5, 5.41) is 9.47. The maximum absolute atomic E-state index is 12.6. The van der Waals surface area contributed by atoms with E-state index in [-0.39, 0.29) is 5.97 Å². The molecular weight excluding hydrogens is 368 g/mol. The zero-order chi connectivity index (χ0) is 20.5. The quantitative estimate of drug-likeness (QED) is 0.0918. The van der Waals surface area contributed by atoms with Crippen LogP contribution in [0, 0.1) is 0 Å². The third-order valence-corrected chi connectivity index (χ3v) is 6.18. The van der Waals surface area contributed by atoms with Crippen LogP contribution in [0.1, 0.15) is 45.4 Å². The molecule has 0 amide bonds. The molecule has 5 rings (SSSR count). The molecule has 5 aromatic rings. The van der Waals surface area contributed by atoms with Gasteiger partial charge in [0, 0.05) is 17.2 Å². The normalized spacial score (nSPS) is 11.8. The van der Waals surface area contributed by atoms with Crippen molar-refractivity contribution in [3.8, 4) is 5.75 Å². The highest BCUT2D eigenvalue weighted by Crippen LogP contribution is 2.43. The molecule has 0 aliphatic heterocycles. The van der Waals surface area contributed by atoms with Gasteiger partial charge >= 0.3 is 5.97 Å². The van der Waals surface area contributed by atoms with Gasteiger partial charge in [0.1, 0.15) is 5.75 Å². The fourth-order valence-corrected chi connectivity index (χ4v) is 4.76. The van der Waals surface area contributed by atoms with Crippen molar-refractivity contribution in [2.75, 3.05) is 0 Å². The van der Waals surface area contributed by atoms with Gasteiger partial charge in [-0.3, -0.25) is 4.79 Å². The zero-order valence-corrected chi connectivity index (χ0v) is 17.4. The maximum atomic E-state index is 12.6. The molecular formula is C28H26O2. The number of hydrogen-bond donors (Lipinski definition) is 0. The zero-order valence-electron chi connectivity index (χ0n) is 17.4. The summed E-state index contributed by atoms with van der Waals surface area (Å²) in [4.78, 5) is 12.6. The van der Waals surface area contributed by atoms with Gasteiger partial charge in [-0.2, -0.15) is 0 Å². The lowest BCUT2D eigenvalue weighted by molar-refractivity contribution is -0.134. The van der Waals surface area contributed by atoms with Crippen molar-refractivity contribution in [3.63, 3.8) is 0 Å². The minimum absolute atomic E-state index is 0.134. The first-order valence-electron chi connectivity index (χ1n) is 11.1. The van der Waals surface area contributed by atoms with Gasteiger partial charge in [-0.15, -0.1) is 0 Å². The SMILES string of the molecule is CCCCCCCC(=O)Oc1ccc2cccc3c4cccc5cccc(c1c23)c54. The minimum atomic E-state index is -0.134. The molecule has 0 unspecified atom stereocenters. The molecule has 30 heavy (non-hydrogen) atoms. The van der Waals surface area contributed by atoms with Crippen LogP contribution in [0.4, 0.5) is 0 Å². The average molecular weight is 395 g/mol. The Hall–Kier alpha value is -3.13. The van der Waals surface area contributed by atoms with E-state index in [1.54, 1.807) is 0 Å². The Morgan fingerprint density at radius 2 is 1.30 bits per heavy atom. The largest absolute Gasteiger partial charge is 0.426 e. The maximum Gasteiger partial charge on any atom is 0.311 e. The molecule has 5 aromatic carbocycles. The third-order valence-electron chi connectivity index (χ3n) is 6.18. The number of esters is 1.